The summed E-state index contributed by atoms with van der Waals surface area (Å²) in [7, 11) is -3.15. The molecule has 1 aromatic rings. The Labute approximate surface area is 109 Å². The molecule has 0 fully saturated rings. The maximum Gasteiger partial charge on any atom is 0.175 e. The molecule has 0 amide bonds. The minimum Gasteiger partial charge on any atom is -0.330 e. The van der Waals surface area contributed by atoms with Crippen molar-refractivity contribution in [1.29, 1.82) is 0 Å². The quantitative estimate of drug-likeness (QED) is 0.811. The Morgan fingerprint density at radius 2 is 1.83 bits per heavy atom. The molecule has 0 radical (unpaired) electrons. The molecule has 0 spiro atoms. The number of nitrogens with two attached hydrogens (primary N) is 2. The molecule has 0 aliphatic carbocycles. The molecule has 0 bridgehead atoms. The highest BCUT2D eigenvalue weighted by molar-refractivity contribution is 7.90. The third kappa shape index (κ3) is 4.08. The van der Waals surface area contributed by atoms with Crippen molar-refractivity contribution in [1.82, 2.24) is 0 Å². The van der Waals surface area contributed by atoms with Crippen LogP contribution in [0.5, 0.6) is 0 Å². The van der Waals surface area contributed by atoms with Gasteiger partial charge in [-0.3, -0.25) is 0 Å². The van der Waals surface area contributed by atoms with Gasteiger partial charge in [0.25, 0.3) is 0 Å². The molecule has 1 atom stereocenters. The van der Waals surface area contributed by atoms with Crippen molar-refractivity contribution in [3.05, 3.63) is 29.8 Å². The van der Waals surface area contributed by atoms with E-state index in [1.165, 1.54) is 6.26 Å². The lowest BCUT2D eigenvalue weighted by atomic mass is 9.90. The summed E-state index contributed by atoms with van der Waals surface area (Å²) in [6.07, 6.45) is 2.10. The molecule has 0 saturated heterocycles. The standard InChI is InChI=1S/C13H22N2O2S/c1-10(6-11(8-14)9-15)12-4-3-5-13(7-12)18(2,16)17/h3-5,7,10-11H,6,8-9,14-15H2,1-2H3. The Morgan fingerprint density at radius 3 is 2.33 bits per heavy atom. The van der Waals surface area contributed by atoms with Crippen LogP contribution in [-0.2, 0) is 9.84 Å². The minimum absolute atomic E-state index is 0.254. The van der Waals surface area contributed by atoms with E-state index in [0.717, 1.165) is 12.0 Å². The second-order valence-corrected chi connectivity index (χ2v) is 6.83. The van der Waals surface area contributed by atoms with Crippen molar-refractivity contribution in [2.24, 2.45) is 17.4 Å². The van der Waals surface area contributed by atoms with Gasteiger partial charge in [-0.2, -0.15) is 0 Å². The van der Waals surface area contributed by atoms with Crippen LogP contribution in [-0.4, -0.2) is 27.8 Å². The SMILES string of the molecule is CC(CC(CN)CN)c1cccc(S(C)(=O)=O)c1. The van der Waals surface area contributed by atoms with Crippen molar-refractivity contribution in [2.45, 2.75) is 24.2 Å². The monoisotopic (exact) mass is 270 g/mol. The van der Waals surface area contributed by atoms with Gasteiger partial charge in [0.15, 0.2) is 9.84 Å². The molecule has 0 heterocycles. The van der Waals surface area contributed by atoms with E-state index < -0.39 is 9.84 Å². The van der Waals surface area contributed by atoms with Gasteiger partial charge in [0.05, 0.1) is 4.90 Å². The maximum absolute atomic E-state index is 11.5. The third-order valence-electron chi connectivity index (χ3n) is 3.21. The first-order valence-corrected chi connectivity index (χ1v) is 7.97. The summed E-state index contributed by atoms with van der Waals surface area (Å²) < 4.78 is 23.0. The van der Waals surface area contributed by atoms with Gasteiger partial charge >= 0.3 is 0 Å². The van der Waals surface area contributed by atoms with Gasteiger partial charge in [-0.1, -0.05) is 19.1 Å². The summed E-state index contributed by atoms with van der Waals surface area (Å²) in [5.74, 6) is 0.533. The Bertz CT molecular complexity index is 482. The van der Waals surface area contributed by atoms with Gasteiger partial charge in [-0.25, -0.2) is 8.42 Å². The molecule has 1 rings (SSSR count). The molecule has 0 saturated carbocycles. The molecular weight excluding hydrogens is 248 g/mol. The number of hydrogen-bond donors (Lipinski definition) is 2. The van der Waals surface area contributed by atoms with Crippen LogP contribution >= 0.6 is 0 Å². The molecule has 0 aliphatic rings. The molecule has 18 heavy (non-hydrogen) atoms. The van der Waals surface area contributed by atoms with Gasteiger partial charge in [0.2, 0.25) is 0 Å². The van der Waals surface area contributed by atoms with Gasteiger partial charge in [-0.15, -0.1) is 0 Å². The molecule has 4 nitrogen and oxygen atoms in total. The van der Waals surface area contributed by atoms with Crippen LogP contribution in [0.25, 0.3) is 0 Å². The summed E-state index contributed by atoms with van der Waals surface area (Å²) in [5.41, 5.74) is 12.3. The zero-order chi connectivity index (χ0) is 13.8. The Morgan fingerprint density at radius 1 is 1.22 bits per heavy atom. The average Bonchev–Trinajstić information content (AvgIpc) is 2.34. The van der Waals surface area contributed by atoms with Crippen LogP contribution in [0.3, 0.4) is 0 Å². The lowest BCUT2D eigenvalue weighted by Gasteiger charge is -2.18. The van der Waals surface area contributed by atoms with Crippen LogP contribution in [0.15, 0.2) is 29.2 Å². The topological polar surface area (TPSA) is 86.2 Å². The van der Waals surface area contributed by atoms with Gasteiger partial charge < -0.3 is 11.5 Å². The van der Waals surface area contributed by atoms with E-state index >= 15 is 0 Å². The second-order valence-electron chi connectivity index (χ2n) is 4.82. The van der Waals surface area contributed by atoms with E-state index in [4.69, 9.17) is 11.5 Å². The van der Waals surface area contributed by atoms with Crippen LogP contribution < -0.4 is 11.5 Å². The van der Waals surface area contributed by atoms with Crippen molar-refractivity contribution in [3.63, 3.8) is 0 Å². The Hall–Kier alpha value is -0.910. The Balaban J connectivity index is 2.90. The predicted octanol–water partition coefficient (Wildman–Crippen LogP) is 1.12. The highest BCUT2D eigenvalue weighted by atomic mass is 32.2. The van der Waals surface area contributed by atoms with Gasteiger partial charge in [0, 0.05) is 6.26 Å². The smallest absolute Gasteiger partial charge is 0.175 e. The zero-order valence-electron chi connectivity index (χ0n) is 11.0. The lowest BCUT2D eigenvalue weighted by Crippen LogP contribution is -2.24. The molecule has 5 heteroatoms. The fourth-order valence-corrected chi connectivity index (χ4v) is 2.65. The summed E-state index contributed by atoms with van der Waals surface area (Å²) >= 11 is 0. The van der Waals surface area contributed by atoms with Gasteiger partial charge in [0.1, 0.15) is 0 Å². The first-order valence-electron chi connectivity index (χ1n) is 6.08. The molecule has 0 aliphatic heterocycles. The first-order chi connectivity index (χ1) is 8.38. The molecule has 1 unspecified atom stereocenters. The van der Waals surface area contributed by atoms with Crippen molar-refractivity contribution in [2.75, 3.05) is 19.3 Å². The van der Waals surface area contributed by atoms with E-state index in [9.17, 15) is 8.42 Å². The van der Waals surface area contributed by atoms with Crippen molar-refractivity contribution >= 4 is 9.84 Å². The van der Waals surface area contributed by atoms with E-state index in [1.54, 1.807) is 18.2 Å². The predicted molar refractivity (Wildman–Crippen MR) is 74.2 cm³/mol. The number of benzene rings is 1. The van der Waals surface area contributed by atoms with Crippen LogP contribution in [0, 0.1) is 5.92 Å². The fourth-order valence-electron chi connectivity index (χ4n) is 1.98. The summed E-state index contributed by atoms with van der Waals surface area (Å²) in [4.78, 5) is 0.365. The second kappa shape index (κ2) is 6.31. The summed E-state index contributed by atoms with van der Waals surface area (Å²) in [5, 5.41) is 0. The Kier molecular flexibility index (Phi) is 5.31. The molecule has 4 N–H and O–H groups in total. The average molecular weight is 270 g/mol. The number of sulfone groups is 1. The normalized spacial score (nSPS) is 13.8. The lowest BCUT2D eigenvalue weighted by molar-refractivity contribution is 0.465. The maximum atomic E-state index is 11.5. The molecule has 1 aromatic carbocycles. The number of rotatable bonds is 6. The third-order valence-corrected chi connectivity index (χ3v) is 4.32. The number of hydrogen-bond acceptors (Lipinski definition) is 4. The van der Waals surface area contributed by atoms with E-state index in [2.05, 4.69) is 6.92 Å². The highest BCUT2D eigenvalue weighted by Crippen LogP contribution is 2.24. The summed E-state index contributed by atoms with van der Waals surface area (Å²) in [6.45, 7) is 3.19. The van der Waals surface area contributed by atoms with E-state index in [0.29, 0.717) is 18.0 Å². The molecule has 102 valence electrons. The van der Waals surface area contributed by atoms with Crippen LogP contribution in [0.4, 0.5) is 0 Å². The zero-order valence-corrected chi connectivity index (χ0v) is 11.8. The molecular formula is C13H22N2O2S. The van der Waals surface area contributed by atoms with Gasteiger partial charge in [-0.05, 0) is 49.0 Å². The van der Waals surface area contributed by atoms with Crippen LogP contribution in [0.1, 0.15) is 24.8 Å². The van der Waals surface area contributed by atoms with E-state index in [-0.39, 0.29) is 11.8 Å². The van der Waals surface area contributed by atoms with Crippen molar-refractivity contribution < 1.29 is 8.42 Å². The minimum atomic E-state index is -3.15. The molecule has 0 aromatic heterocycles. The van der Waals surface area contributed by atoms with E-state index in [1.807, 2.05) is 6.07 Å². The summed E-state index contributed by atoms with van der Waals surface area (Å²) in [6, 6.07) is 7.09. The largest absolute Gasteiger partial charge is 0.330 e. The first kappa shape index (κ1) is 15.1. The fraction of sp³-hybridized carbons (Fsp3) is 0.538. The van der Waals surface area contributed by atoms with Crippen LogP contribution in [0.2, 0.25) is 0 Å². The highest BCUT2D eigenvalue weighted by Gasteiger charge is 2.14. The van der Waals surface area contributed by atoms with Crippen molar-refractivity contribution in [3.8, 4) is 0 Å².